The van der Waals surface area contributed by atoms with Crippen LogP contribution < -0.4 is 0 Å². The lowest BCUT2D eigenvalue weighted by Gasteiger charge is -2.17. The summed E-state index contributed by atoms with van der Waals surface area (Å²) in [5.41, 5.74) is 2.35. The Morgan fingerprint density at radius 3 is 2.78 bits per heavy atom. The van der Waals surface area contributed by atoms with Crippen molar-refractivity contribution in [2.75, 3.05) is 6.61 Å². The second-order valence-electron chi connectivity index (χ2n) is 7.67. The van der Waals surface area contributed by atoms with E-state index in [1.165, 1.54) is 5.69 Å². The van der Waals surface area contributed by atoms with Crippen LogP contribution >= 0.6 is 0 Å². The Morgan fingerprint density at radius 1 is 1.39 bits per heavy atom. The molecule has 124 valence electrons. The first-order chi connectivity index (χ1) is 10.8. The summed E-state index contributed by atoms with van der Waals surface area (Å²) in [6.45, 7) is 8.43. The molecule has 5 nitrogen and oxygen atoms in total. The molecule has 1 heterocycles. The van der Waals surface area contributed by atoms with Crippen LogP contribution in [0.4, 0.5) is 0 Å². The highest BCUT2D eigenvalue weighted by Gasteiger charge is 2.59. The number of hydrogen-bond acceptors (Lipinski definition) is 4. The molecule has 1 aromatic heterocycles. The van der Waals surface area contributed by atoms with Gasteiger partial charge in [-0.1, -0.05) is 24.4 Å². The molecule has 3 rings (SSSR count). The number of rotatable bonds is 4. The van der Waals surface area contributed by atoms with Gasteiger partial charge >= 0.3 is 5.97 Å². The van der Waals surface area contributed by atoms with Crippen molar-refractivity contribution >= 4 is 13.8 Å². The molecule has 3 atom stereocenters. The summed E-state index contributed by atoms with van der Waals surface area (Å²) in [7, 11) is 6.61. The molecule has 2 aliphatic carbocycles. The van der Waals surface area contributed by atoms with Crippen LogP contribution in [0, 0.1) is 17.8 Å². The average molecular weight is 315 g/mol. The van der Waals surface area contributed by atoms with Gasteiger partial charge in [-0.3, -0.25) is 4.79 Å². The van der Waals surface area contributed by atoms with Gasteiger partial charge in [0, 0.05) is 6.04 Å². The molecular formula is C17H26BN3O2. The second kappa shape index (κ2) is 5.95. The zero-order chi connectivity index (χ0) is 16.8. The van der Waals surface area contributed by atoms with Crippen molar-refractivity contribution in [3.63, 3.8) is 0 Å². The lowest BCUT2D eigenvalue weighted by atomic mass is 9.74. The smallest absolute Gasteiger partial charge is 0.308 e. The second-order valence-corrected chi connectivity index (χ2v) is 7.67. The van der Waals surface area contributed by atoms with Crippen LogP contribution in [-0.2, 0) is 22.4 Å². The summed E-state index contributed by atoms with van der Waals surface area (Å²) in [5, 5.41) is 8.46. The molecule has 1 fully saturated rings. The predicted octanol–water partition coefficient (Wildman–Crippen LogP) is 2.51. The van der Waals surface area contributed by atoms with Crippen LogP contribution in [0.3, 0.4) is 0 Å². The van der Waals surface area contributed by atoms with Gasteiger partial charge in [0.15, 0.2) is 0 Å². The van der Waals surface area contributed by atoms with Crippen molar-refractivity contribution in [2.45, 2.75) is 64.7 Å². The maximum atomic E-state index is 11.7. The predicted molar refractivity (Wildman–Crippen MR) is 88.3 cm³/mol. The molecule has 1 saturated carbocycles. The van der Waals surface area contributed by atoms with E-state index in [1.807, 2.05) is 18.5 Å². The Hall–Kier alpha value is -1.33. The van der Waals surface area contributed by atoms with Crippen molar-refractivity contribution in [1.29, 1.82) is 0 Å². The minimum absolute atomic E-state index is 0.0828. The number of nitrogens with zero attached hydrogens (tertiary/aromatic N) is 3. The van der Waals surface area contributed by atoms with E-state index >= 15 is 0 Å². The molecule has 1 aromatic rings. The standard InChI is InChI=1S/C17H26BN3O2/c1-10(2)16(22)23-9-13-12-5-6-15-14(7-8-17(12,13)18)19-20-21(15)11(3)4/h10-13H,5-9H2,1-4H3/t12?,13-,17?/m0/s1. The lowest BCUT2D eigenvalue weighted by Crippen LogP contribution is -2.14. The first-order valence-electron chi connectivity index (χ1n) is 8.73. The Balaban J connectivity index is 1.67. The molecule has 23 heavy (non-hydrogen) atoms. The Kier molecular flexibility index (Phi) is 4.28. The number of aromatic nitrogens is 3. The van der Waals surface area contributed by atoms with Crippen LogP contribution in [-0.4, -0.2) is 35.4 Å². The van der Waals surface area contributed by atoms with Crippen molar-refractivity contribution in [2.24, 2.45) is 17.8 Å². The minimum atomic E-state index is -0.198. The van der Waals surface area contributed by atoms with E-state index in [0.717, 1.165) is 31.4 Å². The van der Waals surface area contributed by atoms with E-state index in [9.17, 15) is 4.79 Å². The Bertz CT molecular complexity index is 599. The van der Waals surface area contributed by atoms with Crippen LogP contribution in [0.5, 0.6) is 0 Å². The highest BCUT2D eigenvalue weighted by molar-refractivity contribution is 6.18. The molecule has 0 spiro atoms. The fourth-order valence-electron chi connectivity index (χ4n) is 3.92. The highest BCUT2D eigenvalue weighted by atomic mass is 16.5. The third-order valence-corrected chi connectivity index (χ3v) is 5.48. The highest BCUT2D eigenvalue weighted by Crippen LogP contribution is 2.68. The molecule has 0 amide bonds. The molecule has 0 saturated heterocycles. The van der Waals surface area contributed by atoms with Gasteiger partial charge in [0.05, 0.1) is 31.8 Å². The number of carbonyl (C=O) groups excluding carboxylic acids is 1. The first-order valence-corrected chi connectivity index (χ1v) is 8.73. The van der Waals surface area contributed by atoms with Gasteiger partial charge in [-0.05, 0) is 51.4 Å². The molecule has 6 heteroatoms. The molecule has 2 aliphatic rings. The molecule has 0 N–H and O–H groups in total. The maximum Gasteiger partial charge on any atom is 0.308 e. The largest absolute Gasteiger partial charge is 0.465 e. The number of aryl methyl sites for hydroxylation is 1. The van der Waals surface area contributed by atoms with E-state index in [4.69, 9.17) is 12.6 Å². The zero-order valence-corrected chi connectivity index (χ0v) is 14.6. The summed E-state index contributed by atoms with van der Waals surface area (Å²) in [6, 6.07) is 0.329. The Labute approximate surface area is 139 Å². The lowest BCUT2D eigenvalue weighted by molar-refractivity contribution is -0.147. The van der Waals surface area contributed by atoms with Gasteiger partial charge in [0.25, 0.3) is 0 Å². The van der Waals surface area contributed by atoms with E-state index in [0.29, 0.717) is 18.6 Å². The third kappa shape index (κ3) is 2.92. The summed E-state index contributed by atoms with van der Waals surface area (Å²) in [4.78, 5) is 11.7. The number of carbonyl (C=O) groups is 1. The third-order valence-electron chi connectivity index (χ3n) is 5.48. The van der Waals surface area contributed by atoms with E-state index < -0.39 is 0 Å². The Morgan fingerprint density at radius 2 is 2.13 bits per heavy atom. The minimum Gasteiger partial charge on any atom is -0.465 e. The van der Waals surface area contributed by atoms with Gasteiger partial charge in [-0.15, -0.1) is 5.10 Å². The van der Waals surface area contributed by atoms with Gasteiger partial charge in [0.2, 0.25) is 0 Å². The summed E-state index contributed by atoms with van der Waals surface area (Å²) in [6.07, 6.45) is 3.74. The first kappa shape index (κ1) is 16.5. The monoisotopic (exact) mass is 315 g/mol. The van der Waals surface area contributed by atoms with Crippen LogP contribution in [0.15, 0.2) is 0 Å². The van der Waals surface area contributed by atoms with Gasteiger partial charge in [-0.25, -0.2) is 4.68 Å². The van der Waals surface area contributed by atoms with Crippen LogP contribution in [0.2, 0.25) is 5.31 Å². The fraction of sp³-hybridized carbons (Fsp3) is 0.824. The van der Waals surface area contributed by atoms with Crippen molar-refractivity contribution in [3.8, 4) is 0 Å². The number of esters is 1. The summed E-state index contributed by atoms with van der Waals surface area (Å²) < 4.78 is 7.47. The summed E-state index contributed by atoms with van der Waals surface area (Å²) in [5.74, 6) is 0.509. The maximum absolute atomic E-state index is 11.7. The fourth-order valence-corrected chi connectivity index (χ4v) is 3.92. The van der Waals surface area contributed by atoms with Gasteiger partial charge in [0.1, 0.15) is 0 Å². The van der Waals surface area contributed by atoms with E-state index in [-0.39, 0.29) is 23.1 Å². The van der Waals surface area contributed by atoms with Gasteiger partial charge < -0.3 is 4.74 Å². The van der Waals surface area contributed by atoms with E-state index in [1.54, 1.807) is 0 Å². The van der Waals surface area contributed by atoms with Crippen molar-refractivity contribution in [3.05, 3.63) is 11.4 Å². The van der Waals surface area contributed by atoms with Gasteiger partial charge in [-0.2, -0.15) is 0 Å². The topological polar surface area (TPSA) is 57.0 Å². The molecule has 2 unspecified atom stereocenters. The number of ether oxygens (including phenoxy) is 1. The SMILES string of the molecule is [B]C12CCc3nnn(C(C)C)c3CCC1[C@@H]2COC(=O)C(C)C. The molecule has 0 aliphatic heterocycles. The normalized spacial score (nSPS) is 29.7. The average Bonchev–Trinajstić information content (AvgIpc) is 2.83. The molecular weight excluding hydrogens is 289 g/mol. The molecule has 0 bridgehead atoms. The zero-order valence-electron chi connectivity index (χ0n) is 14.6. The number of fused-ring (bicyclic) bond motifs is 2. The summed E-state index contributed by atoms with van der Waals surface area (Å²) >= 11 is 0. The number of hydrogen-bond donors (Lipinski definition) is 0. The molecule has 0 aromatic carbocycles. The molecule has 2 radical (unpaired) electrons. The van der Waals surface area contributed by atoms with Crippen LogP contribution in [0.25, 0.3) is 0 Å². The van der Waals surface area contributed by atoms with E-state index in [2.05, 4.69) is 24.2 Å². The quantitative estimate of drug-likeness (QED) is 0.633. The van der Waals surface area contributed by atoms with Crippen LogP contribution in [0.1, 0.15) is 58.0 Å². The van der Waals surface area contributed by atoms with Crippen molar-refractivity contribution < 1.29 is 9.53 Å². The van der Waals surface area contributed by atoms with Crippen molar-refractivity contribution in [1.82, 2.24) is 15.0 Å².